The first-order valence-corrected chi connectivity index (χ1v) is 8.69. The van der Waals surface area contributed by atoms with Gasteiger partial charge in [0.15, 0.2) is 0 Å². The van der Waals surface area contributed by atoms with Crippen LogP contribution in [0.1, 0.15) is 30.0 Å². The van der Waals surface area contributed by atoms with Crippen molar-refractivity contribution in [3.8, 4) is 0 Å². The van der Waals surface area contributed by atoms with Gasteiger partial charge in [-0.3, -0.25) is 4.98 Å². The van der Waals surface area contributed by atoms with Crippen molar-refractivity contribution >= 4 is 17.4 Å². The summed E-state index contributed by atoms with van der Waals surface area (Å²) in [4.78, 5) is 18.7. The lowest BCUT2D eigenvalue weighted by Gasteiger charge is -2.36. The molecule has 1 N–H and O–H groups in total. The predicted molar refractivity (Wildman–Crippen MR) is 90.4 cm³/mol. The van der Waals surface area contributed by atoms with Crippen LogP contribution >= 0.6 is 11.3 Å². The summed E-state index contributed by atoms with van der Waals surface area (Å²) in [6.45, 7) is 5.57. The number of urea groups is 1. The number of pyridine rings is 1. The lowest BCUT2D eigenvalue weighted by Crippen LogP contribution is -2.49. The monoisotopic (exact) mass is 331 g/mol. The fraction of sp³-hybridized carbons (Fsp3) is 0.412. The van der Waals surface area contributed by atoms with E-state index < -0.39 is 0 Å². The number of nitrogens with zero attached hydrogens (tertiary/aromatic N) is 2. The van der Waals surface area contributed by atoms with E-state index in [-0.39, 0.29) is 18.2 Å². The van der Waals surface area contributed by atoms with Crippen LogP contribution in [0.3, 0.4) is 0 Å². The summed E-state index contributed by atoms with van der Waals surface area (Å²) in [6, 6.07) is 7.81. The van der Waals surface area contributed by atoms with Crippen LogP contribution in [0.4, 0.5) is 4.79 Å². The van der Waals surface area contributed by atoms with E-state index in [1.54, 1.807) is 11.3 Å². The van der Waals surface area contributed by atoms with E-state index in [9.17, 15) is 4.79 Å². The molecular weight excluding hydrogens is 310 g/mol. The number of aromatic nitrogens is 1. The largest absolute Gasteiger partial charge is 0.367 e. The van der Waals surface area contributed by atoms with E-state index >= 15 is 0 Å². The van der Waals surface area contributed by atoms with Gasteiger partial charge >= 0.3 is 6.03 Å². The van der Waals surface area contributed by atoms with Gasteiger partial charge in [-0.2, -0.15) is 11.3 Å². The fourth-order valence-electron chi connectivity index (χ4n) is 2.74. The van der Waals surface area contributed by atoms with Gasteiger partial charge in [0, 0.05) is 12.2 Å². The molecule has 3 rings (SSSR count). The molecule has 0 radical (unpaired) electrons. The number of carbonyl (C=O) groups is 1. The Morgan fingerprint density at radius 3 is 3.04 bits per heavy atom. The third-order valence-corrected chi connectivity index (χ3v) is 4.53. The molecule has 23 heavy (non-hydrogen) atoms. The zero-order chi connectivity index (χ0) is 16.2. The summed E-state index contributed by atoms with van der Waals surface area (Å²) in [7, 11) is 0. The van der Waals surface area contributed by atoms with Crippen LogP contribution in [0.2, 0.25) is 0 Å². The summed E-state index contributed by atoms with van der Waals surface area (Å²) in [5, 5.41) is 7.07. The average molecular weight is 331 g/mol. The van der Waals surface area contributed by atoms with E-state index in [1.165, 1.54) is 0 Å². The molecule has 2 aromatic heterocycles. The van der Waals surface area contributed by atoms with Gasteiger partial charge < -0.3 is 15.0 Å². The Morgan fingerprint density at radius 1 is 1.43 bits per heavy atom. The van der Waals surface area contributed by atoms with Crippen LogP contribution in [-0.4, -0.2) is 35.1 Å². The topological polar surface area (TPSA) is 54.5 Å². The van der Waals surface area contributed by atoms with Crippen LogP contribution in [0.5, 0.6) is 0 Å². The third-order valence-electron chi connectivity index (χ3n) is 3.83. The van der Waals surface area contributed by atoms with Crippen molar-refractivity contribution in [2.24, 2.45) is 0 Å². The molecular formula is C17H21N3O2S. The molecule has 122 valence electrons. The first-order chi connectivity index (χ1) is 11.1. The first-order valence-electron chi connectivity index (χ1n) is 7.74. The first kappa shape index (κ1) is 16.0. The van der Waals surface area contributed by atoms with Crippen molar-refractivity contribution in [2.45, 2.75) is 32.6 Å². The Bertz CT molecular complexity index is 660. The summed E-state index contributed by atoms with van der Waals surface area (Å²) < 4.78 is 5.96. The van der Waals surface area contributed by atoms with Crippen LogP contribution in [0.25, 0.3) is 0 Å². The number of hydrogen-bond donors (Lipinski definition) is 1. The van der Waals surface area contributed by atoms with E-state index in [4.69, 9.17) is 4.74 Å². The molecule has 2 atom stereocenters. The van der Waals surface area contributed by atoms with Gasteiger partial charge in [0.1, 0.15) is 6.10 Å². The van der Waals surface area contributed by atoms with Gasteiger partial charge in [0.2, 0.25) is 0 Å². The zero-order valence-electron chi connectivity index (χ0n) is 13.4. The van der Waals surface area contributed by atoms with Gasteiger partial charge in [0.25, 0.3) is 0 Å². The molecule has 1 aliphatic heterocycles. The highest BCUT2D eigenvalue weighted by molar-refractivity contribution is 7.07. The van der Waals surface area contributed by atoms with Gasteiger partial charge in [0.05, 0.1) is 24.9 Å². The number of nitrogens with one attached hydrogen (secondary N) is 1. The highest BCUT2D eigenvalue weighted by Crippen LogP contribution is 2.26. The molecule has 6 heteroatoms. The van der Waals surface area contributed by atoms with Crippen molar-refractivity contribution in [3.05, 3.63) is 52.0 Å². The van der Waals surface area contributed by atoms with E-state index in [1.807, 2.05) is 42.3 Å². The van der Waals surface area contributed by atoms with Crippen molar-refractivity contribution < 1.29 is 9.53 Å². The molecule has 3 heterocycles. The summed E-state index contributed by atoms with van der Waals surface area (Å²) in [6.07, 6.45) is -0.0238. The quantitative estimate of drug-likeness (QED) is 0.940. The number of hydrogen-bond acceptors (Lipinski definition) is 4. The molecule has 1 aliphatic rings. The van der Waals surface area contributed by atoms with Crippen molar-refractivity contribution in [2.75, 3.05) is 13.1 Å². The molecule has 1 fully saturated rings. The summed E-state index contributed by atoms with van der Waals surface area (Å²) in [5.74, 6) is 0. The normalized spacial score (nSPS) is 21.2. The van der Waals surface area contributed by atoms with E-state index in [0.717, 1.165) is 17.0 Å². The standard InChI is InChI=1S/C17H21N3O2S/c1-12-4-3-5-15(19-12)8-18-17(21)20-9-13(2)22-16(10-20)14-6-7-23-11-14/h3-7,11,13,16H,8-10H2,1-2H3,(H,18,21)/t13-,16+/m0/s1. The van der Waals surface area contributed by atoms with Crippen LogP contribution in [0.15, 0.2) is 35.0 Å². The molecule has 0 aromatic carbocycles. The minimum Gasteiger partial charge on any atom is -0.367 e. The Labute approximate surface area is 140 Å². The minimum absolute atomic E-state index is 0.0245. The van der Waals surface area contributed by atoms with Crippen LogP contribution < -0.4 is 5.32 Å². The maximum atomic E-state index is 12.5. The average Bonchev–Trinajstić information content (AvgIpc) is 3.06. The maximum Gasteiger partial charge on any atom is 0.317 e. The molecule has 2 amide bonds. The highest BCUT2D eigenvalue weighted by atomic mass is 32.1. The molecule has 2 aromatic rings. The smallest absolute Gasteiger partial charge is 0.317 e. The van der Waals surface area contributed by atoms with Crippen molar-refractivity contribution in [1.29, 1.82) is 0 Å². The Morgan fingerprint density at radius 2 is 2.30 bits per heavy atom. The van der Waals surface area contributed by atoms with E-state index in [0.29, 0.717) is 19.6 Å². The number of morpholine rings is 1. The second-order valence-electron chi connectivity index (χ2n) is 5.83. The second-order valence-corrected chi connectivity index (χ2v) is 6.61. The second kappa shape index (κ2) is 7.10. The minimum atomic E-state index is -0.0660. The van der Waals surface area contributed by atoms with Crippen molar-refractivity contribution in [1.82, 2.24) is 15.2 Å². The number of ether oxygens (including phenoxy) is 1. The number of amides is 2. The van der Waals surface area contributed by atoms with Gasteiger partial charge in [-0.25, -0.2) is 4.79 Å². The lowest BCUT2D eigenvalue weighted by molar-refractivity contribution is -0.0655. The highest BCUT2D eigenvalue weighted by Gasteiger charge is 2.29. The van der Waals surface area contributed by atoms with Crippen LogP contribution in [-0.2, 0) is 11.3 Å². The van der Waals surface area contributed by atoms with E-state index in [2.05, 4.69) is 21.7 Å². The Kier molecular flexibility index (Phi) is 4.93. The number of thiophene rings is 1. The number of carbonyl (C=O) groups excluding carboxylic acids is 1. The summed E-state index contributed by atoms with van der Waals surface area (Å²) in [5.41, 5.74) is 2.96. The SMILES string of the molecule is Cc1cccc(CNC(=O)N2C[C@H](C)O[C@@H](c3ccsc3)C2)n1. The van der Waals surface area contributed by atoms with Crippen LogP contribution in [0, 0.1) is 6.92 Å². The summed E-state index contributed by atoms with van der Waals surface area (Å²) >= 11 is 1.65. The molecule has 5 nitrogen and oxygen atoms in total. The third kappa shape index (κ3) is 4.09. The van der Waals surface area contributed by atoms with Gasteiger partial charge in [-0.1, -0.05) is 6.07 Å². The fourth-order valence-corrected chi connectivity index (χ4v) is 3.44. The molecule has 0 bridgehead atoms. The number of aryl methyl sites for hydroxylation is 1. The predicted octanol–water partition coefficient (Wildman–Crippen LogP) is 3.12. The Hall–Kier alpha value is -1.92. The zero-order valence-corrected chi connectivity index (χ0v) is 14.2. The van der Waals surface area contributed by atoms with Gasteiger partial charge in [-0.05, 0) is 48.4 Å². The molecule has 0 aliphatic carbocycles. The lowest BCUT2D eigenvalue weighted by atomic mass is 10.1. The maximum absolute atomic E-state index is 12.5. The molecule has 0 saturated carbocycles. The Balaban J connectivity index is 1.60. The number of rotatable bonds is 3. The molecule has 1 saturated heterocycles. The molecule has 0 spiro atoms. The molecule has 0 unspecified atom stereocenters. The van der Waals surface area contributed by atoms with Crippen molar-refractivity contribution in [3.63, 3.8) is 0 Å². The van der Waals surface area contributed by atoms with Gasteiger partial charge in [-0.15, -0.1) is 0 Å².